The van der Waals surface area contributed by atoms with E-state index in [2.05, 4.69) is 41.3 Å². The second-order valence-corrected chi connectivity index (χ2v) is 11.1. The SMILES string of the molecule is OC[C@H]1O[C@@H](c2ccc(Cl)c(Cc3ccc4c(c3)N(Cc3ccccc3)CC3(CC3)O4)c2)[C@H](O)[C@@H](O)[C@@H]1O. The molecule has 6 rings (SSSR count). The molecule has 0 amide bonds. The molecule has 2 heterocycles. The van der Waals surface area contributed by atoms with Crippen LogP contribution in [0.5, 0.6) is 5.75 Å². The van der Waals surface area contributed by atoms with E-state index in [0.29, 0.717) is 17.0 Å². The van der Waals surface area contributed by atoms with Crippen LogP contribution >= 0.6 is 11.6 Å². The number of benzene rings is 3. The topological polar surface area (TPSA) is 103 Å². The lowest BCUT2D eigenvalue weighted by atomic mass is 9.90. The molecular weight excluding hydrogens is 506 g/mol. The van der Waals surface area contributed by atoms with Crippen molar-refractivity contribution in [3.63, 3.8) is 0 Å². The van der Waals surface area contributed by atoms with Gasteiger partial charge < -0.3 is 34.8 Å². The molecule has 0 unspecified atom stereocenters. The Kier molecular flexibility index (Phi) is 6.84. The van der Waals surface area contributed by atoms with Gasteiger partial charge in [0, 0.05) is 11.6 Å². The van der Waals surface area contributed by atoms with E-state index in [4.69, 9.17) is 21.1 Å². The molecule has 1 saturated carbocycles. The van der Waals surface area contributed by atoms with Crippen molar-refractivity contribution in [2.24, 2.45) is 0 Å². The Bertz CT molecular complexity index is 1300. The number of aliphatic hydroxyl groups excluding tert-OH is 4. The fraction of sp³-hybridized carbons (Fsp3) is 0.400. The van der Waals surface area contributed by atoms with E-state index in [9.17, 15) is 20.4 Å². The van der Waals surface area contributed by atoms with Crippen molar-refractivity contribution in [3.05, 3.63) is 94.0 Å². The Hall–Kier alpha value is -2.65. The monoisotopic (exact) mass is 537 g/mol. The lowest BCUT2D eigenvalue weighted by Crippen LogP contribution is -2.55. The molecule has 3 aliphatic rings. The summed E-state index contributed by atoms with van der Waals surface area (Å²) in [5.74, 6) is 0.898. The third kappa shape index (κ3) is 4.91. The largest absolute Gasteiger partial charge is 0.483 e. The number of hydrogen-bond donors (Lipinski definition) is 4. The van der Waals surface area contributed by atoms with Crippen molar-refractivity contribution < 1.29 is 29.9 Å². The highest BCUT2D eigenvalue weighted by Gasteiger charge is 2.50. The van der Waals surface area contributed by atoms with E-state index in [1.54, 1.807) is 12.1 Å². The molecule has 1 spiro atoms. The van der Waals surface area contributed by atoms with Gasteiger partial charge in [0.1, 0.15) is 41.9 Å². The molecule has 2 fully saturated rings. The molecule has 200 valence electrons. The Labute approximate surface area is 226 Å². The van der Waals surface area contributed by atoms with E-state index in [1.165, 1.54) is 5.56 Å². The van der Waals surface area contributed by atoms with Crippen molar-refractivity contribution in [1.82, 2.24) is 0 Å². The summed E-state index contributed by atoms with van der Waals surface area (Å²) in [5, 5.41) is 41.1. The molecular formula is C30H32ClNO6. The molecule has 0 bridgehead atoms. The van der Waals surface area contributed by atoms with E-state index >= 15 is 0 Å². The predicted octanol–water partition coefficient (Wildman–Crippen LogP) is 3.38. The molecule has 1 saturated heterocycles. The van der Waals surface area contributed by atoms with Gasteiger partial charge in [-0.1, -0.05) is 60.1 Å². The Balaban J connectivity index is 1.27. The highest BCUT2D eigenvalue weighted by molar-refractivity contribution is 6.31. The van der Waals surface area contributed by atoms with Crippen LogP contribution in [-0.2, 0) is 17.7 Å². The van der Waals surface area contributed by atoms with Gasteiger partial charge >= 0.3 is 0 Å². The van der Waals surface area contributed by atoms with Crippen LogP contribution in [-0.4, -0.2) is 63.6 Å². The van der Waals surface area contributed by atoms with Crippen molar-refractivity contribution in [3.8, 4) is 5.75 Å². The lowest BCUT2D eigenvalue weighted by Gasteiger charge is -2.40. The van der Waals surface area contributed by atoms with E-state index in [-0.39, 0.29) is 5.60 Å². The molecule has 7 nitrogen and oxygen atoms in total. The van der Waals surface area contributed by atoms with Gasteiger partial charge in [-0.05, 0) is 59.7 Å². The summed E-state index contributed by atoms with van der Waals surface area (Å²) in [4.78, 5) is 2.40. The molecule has 38 heavy (non-hydrogen) atoms. The Morgan fingerprint density at radius 1 is 0.895 bits per heavy atom. The number of nitrogens with zero attached hydrogens (tertiary/aromatic N) is 1. The van der Waals surface area contributed by atoms with Crippen molar-refractivity contribution in [2.45, 2.75) is 61.9 Å². The summed E-state index contributed by atoms with van der Waals surface area (Å²) >= 11 is 6.59. The highest BCUT2D eigenvalue weighted by Crippen LogP contribution is 2.49. The second kappa shape index (κ2) is 10.2. The minimum absolute atomic E-state index is 0.0770. The van der Waals surface area contributed by atoms with Crippen LogP contribution in [0.2, 0.25) is 5.02 Å². The molecule has 0 radical (unpaired) electrons. The van der Waals surface area contributed by atoms with Crippen molar-refractivity contribution >= 4 is 17.3 Å². The van der Waals surface area contributed by atoms with Crippen LogP contribution < -0.4 is 9.64 Å². The number of hydrogen-bond acceptors (Lipinski definition) is 7. The van der Waals surface area contributed by atoms with Crippen LogP contribution in [0.25, 0.3) is 0 Å². The molecule has 1 aliphatic carbocycles. The zero-order valence-corrected chi connectivity index (χ0v) is 21.7. The quantitative estimate of drug-likeness (QED) is 0.382. The maximum atomic E-state index is 10.6. The summed E-state index contributed by atoms with van der Waals surface area (Å²) in [5.41, 5.74) is 4.74. The number of anilines is 1. The van der Waals surface area contributed by atoms with Gasteiger partial charge in [0.2, 0.25) is 0 Å². The van der Waals surface area contributed by atoms with Crippen LogP contribution in [0.4, 0.5) is 5.69 Å². The third-order valence-corrected chi connectivity index (χ3v) is 8.25. The highest BCUT2D eigenvalue weighted by atomic mass is 35.5. The second-order valence-electron chi connectivity index (χ2n) is 10.7. The van der Waals surface area contributed by atoms with Crippen LogP contribution in [0.15, 0.2) is 66.7 Å². The molecule has 0 aromatic heterocycles. The van der Waals surface area contributed by atoms with E-state index < -0.39 is 37.1 Å². The van der Waals surface area contributed by atoms with Gasteiger partial charge in [0.25, 0.3) is 0 Å². The predicted molar refractivity (Wildman–Crippen MR) is 144 cm³/mol. The average molecular weight is 538 g/mol. The van der Waals surface area contributed by atoms with Gasteiger partial charge in [0.05, 0.1) is 18.8 Å². The summed E-state index contributed by atoms with van der Waals surface area (Å²) < 4.78 is 12.2. The lowest BCUT2D eigenvalue weighted by molar-refractivity contribution is -0.231. The van der Waals surface area contributed by atoms with E-state index in [1.807, 2.05) is 18.2 Å². The minimum atomic E-state index is -1.43. The number of fused-ring (bicyclic) bond motifs is 1. The summed E-state index contributed by atoms with van der Waals surface area (Å²) in [6.45, 7) is 1.18. The first-order valence-electron chi connectivity index (χ1n) is 13.1. The van der Waals surface area contributed by atoms with Crippen LogP contribution in [0, 0.1) is 0 Å². The number of rotatable bonds is 6. The van der Waals surface area contributed by atoms with Gasteiger partial charge in [-0.15, -0.1) is 0 Å². The maximum absolute atomic E-state index is 10.6. The normalized spacial score (nSPS) is 27.6. The molecule has 3 aromatic carbocycles. The molecule has 5 atom stereocenters. The molecule has 8 heteroatoms. The van der Waals surface area contributed by atoms with Gasteiger partial charge in [-0.25, -0.2) is 0 Å². The zero-order chi connectivity index (χ0) is 26.4. The fourth-order valence-electron chi connectivity index (χ4n) is 5.55. The number of halogens is 1. The molecule has 2 aliphatic heterocycles. The Morgan fingerprint density at radius 3 is 2.42 bits per heavy atom. The van der Waals surface area contributed by atoms with Crippen LogP contribution in [0.1, 0.15) is 41.2 Å². The van der Waals surface area contributed by atoms with Gasteiger partial charge in [0.15, 0.2) is 0 Å². The van der Waals surface area contributed by atoms with Crippen molar-refractivity contribution in [2.75, 3.05) is 18.1 Å². The first-order valence-corrected chi connectivity index (χ1v) is 13.4. The first-order chi connectivity index (χ1) is 18.4. The van der Waals surface area contributed by atoms with Gasteiger partial charge in [-0.2, -0.15) is 0 Å². The summed E-state index contributed by atoms with van der Waals surface area (Å²) in [6, 6.07) is 22.0. The Morgan fingerprint density at radius 2 is 1.68 bits per heavy atom. The number of aliphatic hydroxyl groups is 4. The maximum Gasteiger partial charge on any atom is 0.143 e. The number of ether oxygens (including phenoxy) is 2. The standard InChI is InChI=1S/C30H32ClNO6/c31-22-8-7-20(29-28(36)27(35)26(34)25(16-33)37-29)14-21(22)12-19-6-9-24-23(13-19)32(17-30(38-24)10-11-30)15-18-4-2-1-3-5-18/h1-9,13-14,25-29,33-36H,10-12,15-17H2/t25-,26-,27+,28-,29+/m1/s1. The van der Waals surface area contributed by atoms with Gasteiger partial charge in [-0.3, -0.25) is 0 Å². The minimum Gasteiger partial charge on any atom is -0.483 e. The van der Waals surface area contributed by atoms with Crippen LogP contribution in [0.3, 0.4) is 0 Å². The van der Waals surface area contributed by atoms with Crippen molar-refractivity contribution in [1.29, 1.82) is 0 Å². The average Bonchev–Trinajstić information content (AvgIpc) is 3.67. The zero-order valence-electron chi connectivity index (χ0n) is 20.9. The summed E-state index contributed by atoms with van der Waals surface area (Å²) in [7, 11) is 0. The fourth-order valence-corrected chi connectivity index (χ4v) is 5.74. The molecule has 4 N–H and O–H groups in total. The van der Waals surface area contributed by atoms with E-state index in [0.717, 1.165) is 48.5 Å². The summed E-state index contributed by atoms with van der Waals surface area (Å²) in [6.07, 6.45) is -3.37. The smallest absolute Gasteiger partial charge is 0.143 e. The third-order valence-electron chi connectivity index (χ3n) is 7.88. The molecule has 3 aromatic rings. The first kappa shape index (κ1) is 25.6.